The minimum Gasteiger partial charge on any atom is -0.299 e. The summed E-state index contributed by atoms with van der Waals surface area (Å²) in [6.07, 6.45) is 0.830. The standard InChI is InChI=1S/C11H10O2/c12-9-6-7-10(13)11(9)8-4-2-1-3-5-8/h1-5,11H,6-7H2. The van der Waals surface area contributed by atoms with Crippen LogP contribution in [-0.4, -0.2) is 11.6 Å². The van der Waals surface area contributed by atoms with Gasteiger partial charge in [-0.05, 0) is 5.56 Å². The van der Waals surface area contributed by atoms with Crippen molar-refractivity contribution in [2.75, 3.05) is 0 Å². The zero-order valence-electron chi connectivity index (χ0n) is 7.19. The third-order valence-electron chi connectivity index (χ3n) is 2.39. The topological polar surface area (TPSA) is 34.1 Å². The minimum absolute atomic E-state index is 0.0659. The van der Waals surface area contributed by atoms with Gasteiger partial charge in [0, 0.05) is 12.8 Å². The Morgan fingerprint density at radius 2 is 1.46 bits per heavy atom. The summed E-state index contributed by atoms with van der Waals surface area (Å²) in [5.41, 5.74) is 0.843. The van der Waals surface area contributed by atoms with E-state index in [1.54, 1.807) is 0 Å². The zero-order chi connectivity index (χ0) is 9.26. The molecule has 2 nitrogen and oxygen atoms in total. The van der Waals surface area contributed by atoms with E-state index in [0.29, 0.717) is 12.8 Å². The fourth-order valence-electron chi connectivity index (χ4n) is 1.73. The molecule has 2 heteroatoms. The smallest absolute Gasteiger partial charge is 0.148 e. The van der Waals surface area contributed by atoms with Crippen LogP contribution in [0.3, 0.4) is 0 Å². The summed E-state index contributed by atoms with van der Waals surface area (Å²) in [6.45, 7) is 0. The molecule has 0 aromatic heterocycles. The van der Waals surface area contributed by atoms with E-state index in [4.69, 9.17) is 0 Å². The largest absolute Gasteiger partial charge is 0.299 e. The van der Waals surface area contributed by atoms with Crippen molar-refractivity contribution < 1.29 is 9.59 Å². The predicted molar refractivity (Wildman–Crippen MR) is 48.4 cm³/mol. The first-order valence-electron chi connectivity index (χ1n) is 4.39. The van der Waals surface area contributed by atoms with Crippen LogP contribution in [0.25, 0.3) is 0 Å². The Kier molecular flexibility index (Phi) is 1.97. The lowest BCUT2D eigenvalue weighted by Gasteiger charge is -2.05. The van der Waals surface area contributed by atoms with Crippen molar-refractivity contribution in [3.05, 3.63) is 35.9 Å². The van der Waals surface area contributed by atoms with Gasteiger partial charge in [-0.1, -0.05) is 30.3 Å². The molecule has 66 valence electrons. The van der Waals surface area contributed by atoms with Gasteiger partial charge in [0.2, 0.25) is 0 Å². The molecule has 1 saturated carbocycles. The number of carbonyl (C=O) groups is 2. The third kappa shape index (κ3) is 1.39. The molecule has 0 saturated heterocycles. The van der Waals surface area contributed by atoms with Crippen LogP contribution in [0.4, 0.5) is 0 Å². The summed E-state index contributed by atoms with van der Waals surface area (Å²) in [4.78, 5) is 22.7. The van der Waals surface area contributed by atoms with E-state index < -0.39 is 5.92 Å². The van der Waals surface area contributed by atoms with Gasteiger partial charge in [-0.3, -0.25) is 9.59 Å². The maximum Gasteiger partial charge on any atom is 0.148 e. The second kappa shape index (κ2) is 3.13. The Hall–Kier alpha value is -1.44. The van der Waals surface area contributed by atoms with Crippen LogP contribution in [0, 0.1) is 0 Å². The molecule has 0 amide bonds. The third-order valence-corrected chi connectivity index (χ3v) is 2.39. The maximum atomic E-state index is 11.4. The van der Waals surface area contributed by atoms with Crippen molar-refractivity contribution in [3.8, 4) is 0 Å². The van der Waals surface area contributed by atoms with E-state index in [2.05, 4.69) is 0 Å². The second-order valence-electron chi connectivity index (χ2n) is 3.28. The van der Waals surface area contributed by atoms with Gasteiger partial charge in [0.05, 0.1) is 0 Å². The molecule has 0 N–H and O–H groups in total. The molecule has 2 rings (SSSR count). The molecule has 1 aliphatic carbocycles. The molecule has 0 radical (unpaired) electrons. The van der Waals surface area contributed by atoms with Crippen LogP contribution in [0.2, 0.25) is 0 Å². The highest BCUT2D eigenvalue weighted by molar-refractivity contribution is 6.13. The van der Waals surface area contributed by atoms with Crippen LogP contribution >= 0.6 is 0 Å². The van der Waals surface area contributed by atoms with E-state index in [-0.39, 0.29) is 11.6 Å². The van der Waals surface area contributed by atoms with Crippen molar-refractivity contribution >= 4 is 11.6 Å². The van der Waals surface area contributed by atoms with Gasteiger partial charge in [0.25, 0.3) is 0 Å². The molecule has 1 aromatic rings. The van der Waals surface area contributed by atoms with Gasteiger partial charge in [-0.2, -0.15) is 0 Å². The molecular formula is C11H10O2. The van der Waals surface area contributed by atoms with Crippen molar-refractivity contribution in [3.63, 3.8) is 0 Å². The lowest BCUT2D eigenvalue weighted by molar-refractivity contribution is -0.123. The molecule has 0 aliphatic heterocycles. The fraction of sp³-hybridized carbons (Fsp3) is 0.273. The summed E-state index contributed by atoms with van der Waals surface area (Å²) in [6, 6.07) is 9.27. The summed E-state index contributed by atoms with van der Waals surface area (Å²) >= 11 is 0. The Bertz CT molecular complexity index is 324. The van der Waals surface area contributed by atoms with E-state index in [1.165, 1.54) is 0 Å². The van der Waals surface area contributed by atoms with Gasteiger partial charge < -0.3 is 0 Å². The summed E-state index contributed by atoms with van der Waals surface area (Å²) in [7, 11) is 0. The van der Waals surface area contributed by atoms with Crippen molar-refractivity contribution in [1.82, 2.24) is 0 Å². The highest BCUT2D eigenvalue weighted by Gasteiger charge is 2.33. The van der Waals surface area contributed by atoms with Crippen LogP contribution in [-0.2, 0) is 9.59 Å². The number of hydrogen-bond donors (Lipinski definition) is 0. The quantitative estimate of drug-likeness (QED) is 0.607. The van der Waals surface area contributed by atoms with Gasteiger partial charge in [-0.15, -0.1) is 0 Å². The van der Waals surface area contributed by atoms with Crippen molar-refractivity contribution in [2.45, 2.75) is 18.8 Å². The lowest BCUT2D eigenvalue weighted by atomic mass is 9.96. The molecule has 0 spiro atoms. The number of benzene rings is 1. The second-order valence-corrected chi connectivity index (χ2v) is 3.28. The van der Waals surface area contributed by atoms with Gasteiger partial charge in [0.1, 0.15) is 17.5 Å². The molecule has 13 heavy (non-hydrogen) atoms. The predicted octanol–water partition coefficient (Wildman–Crippen LogP) is 1.70. The van der Waals surface area contributed by atoms with Crippen LogP contribution in [0.5, 0.6) is 0 Å². The first kappa shape index (κ1) is 8.17. The number of carbonyl (C=O) groups excluding carboxylic acids is 2. The average Bonchev–Trinajstić information content (AvgIpc) is 2.48. The molecule has 1 aromatic carbocycles. The van der Waals surface area contributed by atoms with E-state index in [1.807, 2.05) is 30.3 Å². The maximum absolute atomic E-state index is 11.4. The number of ketones is 2. The van der Waals surface area contributed by atoms with Gasteiger partial charge in [-0.25, -0.2) is 0 Å². The Balaban J connectivity index is 2.36. The van der Waals surface area contributed by atoms with Gasteiger partial charge >= 0.3 is 0 Å². The molecule has 0 heterocycles. The molecule has 1 fully saturated rings. The van der Waals surface area contributed by atoms with E-state index in [9.17, 15) is 9.59 Å². The van der Waals surface area contributed by atoms with E-state index in [0.717, 1.165) is 5.56 Å². The van der Waals surface area contributed by atoms with Crippen LogP contribution < -0.4 is 0 Å². The fourth-order valence-corrected chi connectivity index (χ4v) is 1.73. The molecular weight excluding hydrogens is 164 g/mol. The first-order chi connectivity index (χ1) is 6.29. The summed E-state index contributed by atoms with van der Waals surface area (Å²) < 4.78 is 0. The number of Topliss-reactive ketones (excluding diaryl/α,β-unsaturated/α-hetero) is 2. The molecule has 1 aliphatic rings. The highest BCUT2D eigenvalue weighted by Crippen LogP contribution is 2.27. The van der Waals surface area contributed by atoms with Gasteiger partial charge in [0.15, 0.2) is 0 Å². The van der Waals surface area contributed by atoms with Crippen LogP contribution in [0.1, 0.15) is 24.3 Å². The first-order valence-corrected chi connectivity index (χ1v) is 4.39. The monoisotopic (exact) mass is 174 g/mol. The average molecular weight is 174 g/mol. The highest BCUT2D eigenvalue weighted by atomic mass is 16.2. The molecule has 0 bridgehead atoms. The van der Waals surface area contributed by atoms with Crippen molar-refractivity contribution in [1.29, 1.82) is 0 Å². The Morgan fingerprint density at radius 1 is 0.923 bits per heavy atom. The normalized spacial score (nSPS) is 18.2. The van der Waals surface area contributed by atoms with Crippen molar-refractivity contribution in [2.24, 2.45) is 0 Å². The summed E-state index contributed by atoms with van der Waals surface area (Å²) in [5.74, 6) is -0.339. The zero-order valence-corrected chi connectivity index (χ0v) is 7.19. The lowest BCUT2D eigenvalue weighted by Crippen LogP contribution is -2.11. The SMILES string of the molecule is O=C1CCC(=O)C1c1ccccc1. The number of rotatable bonds is 1. The molecule has 0 unspecified atom stereocenters. The Morgan fingerprint density at radius 3 is 2.00 bits per heavy atom. The minimum atomic E-state index is -0.471. The molecule has 0 atom stereocenters. The Labute approximate surface area is 76.6 Å². The number of hydrogen-bond acceptors (Lipinski definition) is 2. The van der Waals surface area contributed by atoms with E-state index >= 15 is 0 Å². The summed E-state index contributed by atoms with van der Waals surface area (Å²) in [5, 5.41) is 0. The van der Waals surface area contributed by atoms with Crippen LogP contribution in [0.15, 0.2) is 30.3 Å².